The van der Waals surface area contributed by atoms with E-state index in [0.29, 0.717) is 22.2 Å². The predicted octanol–water partition coefficient (Wildman–Crippen LogP) is 5.50. The molecule has 2 heterocycles. The quantitative estimate of drug-likeness (QED) is 0.401. The Kier molecular flexibility index (Phi) is 5.48. The first kappa shape index (κ1) is 20.1. The van der Waals surface area contributed by atoms with Crippen LogP contribution in [0.25, 0.3) is 5.69 Å². The minimum atomic E-state index is -4.48. The second-order valence-electron chi connectivity index (χ2n) is 6.74. The number of thioether (sulfide) groups is 2. The fourth-order valence-electron chi connectivity index (χ4n) is 3.19. The molecule has 3 aromatic rings. The lowest BCUT2D eigenvalue weighted by Crippen LogP contribution is -2.24. The van der Waals surface area contributed by atoms with Gasteiger partial charge in [-0.15, -0.1) is 11.8 Å². The van der Waals surface area contributed by atoms with Gasteiger partial charge in [-0.1, -0.05) is 47.7 Å². The highest BCUT2D eigenvalue weighted by Crippen LogP contribution is 2.33. The van der Waals surface area contributed by atoms with Crippen LogP contribution < -0.4 is 5.56 Å². The van der Waals surface area contributed by atoms with Crippen LogP contribution in [0.15, 0.2) is 63.4 Å². The molecular weight excluding hydrogens is 417 g/mol. The van der Waals surface area contributed by atoms with Crippen LogP contribution in [0, 0.1) is 6.92 Å². The minimum Gasteiger partial charge on any atom is -0.268 e. The van der Waals surface area contributed by atoms with Gasteiger partial charge in [-0.25, -0.2) is 4.98 Å². The Hall–Kier alpha value is -2.19. The molecule has 0 saturated heterocycles. The molecule has 0 N–H and O–H groups in total. The zero-order chi connectivity index (χ0) is 20.6. The molecule has 0 fully saturated rings. The lowest BCUT2D eigenvalue weighted by molar-refractivity contribution is -0.137. The maximum Gasteiger partial charge on any atom is 0.416 e. The van der Waals surface area contributed by atoms with E-state index in [-0.39, 0.29) is 11.2 Å². The second-order valence-corrected chi connectivity index (χ2v) is 8.78. The number of hydrogen-bond donors (Lipinski definition) is 0. The van der Waals surface area contributed by atoms with Crippen molar-refractivity contribution in [1.82, 2.24) is 9.55 Å². The van der Waals surface area contributed by atoms with Crippen LogP contribution in [0.5, 0.6) is 0 Å². The predicted molar refractivity (Wildman–Crippen MR) is 110 cm³/mol. The van der Waals surface area contributed by atoms with Crippen LogP contribution in [0.3, 0.4) is 0 Å². The van der Waals surface area contributed by atoms with Crippen molar-refractivity contribution in [2.45, 2.75) is 35.3 Å². The van der Waals surface area contributed by atoms with E-state index in [1.807, 2.05) is 31.2 Å². The van der Waals surface area contributed by atoms with Gasteiger partial charge in [-0.2, -0.15) is 13.2 Å². The Bertz CT molecular complexity index is 1130. The summed E-state index contributed by atoms with van der Waals surface area (Å²) in [6.45, 7) is 2.00. The molecule has 0 saturated carbocycles. The zero-order valence-corrected chi connectivity index (χ0v) is 17.1. The molecule has 4 rings (SSSR count). The van der Waals surface area contributed by atoms with Crippen molar-refractivity contribution >= 4 is 23.5 Å². The minimum absolute atomic E-state index is 0.180. The third kappa shape index (κ3) is 4.23. The lowest BCUT2D eigenvalue weighted by atomic mass is 10.2. The molecule has 8 heteroatoms. The molecule has 0 spiro atoms. The number of fused-ring (bicyclic) bond motifs is 1. The molecule has 0 atom stereocenters. The Labute approximate surface area is 174 Å². The van der Waals surface area contributed by atoms with Crippen LogP contribution >= 0.6 is 23.5 Å². The molecule has 1 aliphatic heterocycles. The van der Waals surface area contributed by atoms with Gasteiger partial charge in [0.25, 0.3) is 5.56 Å². The average molecular weight is 435 g/mol. The Morgan fingerprint density at radius 2 is 1.97 bits per heavy atom. The maximum atomic E-state index is 13.2. The van der Waals surface area contributed by atoms with Crippen molar-refractivity contribution in [1.29, 1.82) is 0 Å². The highest BCUT2D eigenvalue weighted by molar-refractivity contribution is 7.99. The van der Waals surface area contributed by atoms with Crippen molar-refractivity contribution in [3.05, 3.63) is 81.3 Å². The zero-order valence-electron chi connectivity index (χ0n) is 15.5. The van der Waals surface area contributed by atoms with Gasteiger partial charge < -0.3 is 0 Å². The number of nitrogens with zero attached hydrogens (tertiary/aromatic N) is 2. The Morgan fingerprint density at radius 3 is 2.72 bits per heavy atom. The summed E-state index contributed by atoms with van der Waals surface area (Å²) < 4.78 is 40.9. The SMILES string of the molecule is Cc1cccc(CSc2nc3c(c(=O)n2-c2cccc(C(F)(F)F)c2)SCC3)c1. The highest BCUT2D eigenvalue weighted by atomic mass is 32.2. The third-order valence-corrected chi connectivity index (χ3v) is 6.67. The van der Waals surface area contributed by atoms with Crippen molar-refractivity contribution in [2.75, 3.05) is 5.75 Å². The van der Waals surface area contributed by atoms with E-state index < -0.39 is 11.7 Å². The van der Waals surface area contributed by atoms with Gasteiger partial charge in [0.15, 0.2) is 5.16 Å². The van der Waals surface area contributed by atoms with Gasteiger partial charge in [-0.05, 0) is 30.7 Å². The van der Waals surface area contributed by atoms with E-state index in [2.05, 4.69) is 4.98 Å². The molecule has 3 nitrogen and oxygen atoms in total. The summed E-state index contributed by atoms with van der Waals surface area (Å²) in [7, 11) is 0. The van der Waals surface area contributed by atoms with Crippen LogP contribution in [0.2, 0.25) is 0 Å². The normalized spacial score (nSPS) is 13.5. The standard InChI is InChI=1S/C21H17F3N2OS2/c1-13-4-2-5-14(10-13)12-29-20-25-17-8-9-28-18(17)19(27)26(20)16-7-3-6-15(11-16)21(22,23)24/h2-7,10-11H,8-9,12H2,1H3. The van der Waals surface area contributed by atoms with Crippen LogP contribution in [-0.2, 0) is 18.3 Å². The van der Waals surface area contributed by atoms with E-state index in [1.165, 1.54) is 40.2 Å². The lowest BCUT2D eigenvalue weighted by Gasteiger charge is -2.15. The van der Waals surface area contributed by atoms with E-state index in [9.17, 15) is 18.0 Å². The average Bonchev–Trinajstić information content (AvgIpc) is 3.15. The highest BCUT2D eigenvalue weighted by Gasteiger charge is 2.31. The van der Waals surface area contributed by atoms with E-state index >= 15 is 0 Å². The van der Waals surface area contributed by atoms with Crippen LogP contribution in [0.4, 0.5) is 13.2 Å². The molecule has 2 aromatic carbocycles. The summed E-state index contributed by atoms with van der Waals surface area (Å²) >= 11 is 2.77. The maximum absolute atomic E-state index is 13.2. The van der Waals surface area contributed by atoms with Crippen molar-refractivity contribution in [2.24, 2.45) is 0 Å². The molecule has 0 unspecified atom stereocenters. The summed E-state index contributed by atoms with van der Waals surface area (Å²) in [5.41, 5.74) is 2.01. The summed E-state index contributed by atoms with van der Waals surface area (Å²) in [5.74, 6) is 1.32. The Balaban J connectivity index is 1.79. The number of aromatic nitrogens is 2. The van der Waals surface area contributed by atoms with Crippen molar-refractivity contribution in [3.63, 3.8) is 0 Å². The molecule has 1 aliphatic rings. The van der Waals surface area contributed by atoms with E-state index in [0.717, 1.165) is 34.7 Å². The fraction of sp³-hybridized carbons (Fsp3) is 0.238. The van der Waals surface area contributed by atoms with Crippen molar-refractivity contribution in [3.8, 4) is 5.69 Å². The number of benzene rings is 2. The molecule has 29 heavy (non-hydrogen) atoms. The second kappa shape index (κ2) is 7.91. The third-order valence-electron chi connectivity index (χ3n) is 4.55. The number of rotatable bonds is 4. The number of alkyl halides is 3. The van der Waals surface area contributed by atoms with Gasteiger partial charge >= 0.3 is 6.18 Å². The first-order chi connectivity index (χ1) is 13.8. The summed E-state index contributed by atoms with van der Waals surface area (Å²) in [6, 6.07) is 12.8. The molecule has 0 amide bonds. The molecular formula is C21H17F3N2OS2. The van der Waals surface area contributed by atoms with Crippen LogP contribution in [-0.4, -0.2) is 15.3 Å². The first-order valence-electron chi connectivity index (χ1n) is 8.97. The molecule has 150 valence electrons. The molecule has 0 aliphatic carbocycles. The van der Waals surface area contributed by atoms with Gasteiger partial charge in [0, 0.05) is 17.9 Å². The summed E-state index contributed by atoms with van der Waals surface area (Å²) in [6.07, 6.45) is -3.79. The van der Waals surface area contributed by atoms with Crippen molar-refractivity contribution < 1.29 is 13.2 Å². The number of aryl methyl sites for hydroxylation is 2. The molecule has 1 aromatic heterocycles. The van der Waals surface area contributed by atoms with Gasteiger partial charge in [-0.3, -0.25) is 9.36 Å². The van der Waals surface area contributed by atoms with Crippen LogP contribution in [0.1, 0.15) is 22.4 Å². The number of hydrogen-bond acceptors (Lipinski definition) is 4. The summed E-state index contributed by atoms with van der Waals surface area (Å²) in [5, 5.41) is 0.414. The molecule has 0 bridgehead atoms. The van der Waals surface area contributed by atoms with E-state index in [1.54, 1.807) is 0 Å². The fourth-order valence-corrected chi connectivity index (χ4v) is 5.18. The largest absolute Gasteiger partial charge is 0.416 e. The van der Waals surface area contributed by atoms with E-state index in [4.69, 9.17) is 0 Å². The van der Waals surface area contributed by atoms with Gasteiger partial charge in [0.2, 0.25) is 0 Å². The van der Waals surface area contributed by atoms with Gasteiger partial charge in [0.1, 0.15) is 0 Å². The first-order valence-corrected chi connectivity index (χ1v) is 10.9. The Morgan fingerprint density at radius 1 is 1.17 bits per heavy atom. The smallest absolute Gasteiger partial charge is 0.268 e. The molecule has 0 radical (unpaired) electrons. The monoisotopic (exact) mass is 434 g/mol. The number of halogens is 3. The summed E-state index contributed by atoms with van der Waals surface area (Å²) in [4.78, 5) is 18.3. The van der Waals surface area contributed by atoms with Gasteiger partial charge in [0.05, 0.1) is 21.8 Å². The topological polar surface area (TPSA) is 34.9 Å².